The molecule has 0 spiro atoms. The number of methoxy groups -OCH3 is 1. The van der Waals surface area contributed by atoms with E-state index in [4.69, 9.17) is 9.15 Å². The molecule has 7 nitrogen and oxygen atoms in total. The van der Waals surface area contributed by atoms with Crippen LogP contribution in [0.15, 0.2) is 76.5 Å². The van der Waals surface area contributed by atoms with Crippen molar-refractivity contribution in [2.75, 3.05) is 19.9 Å². The molecule has 0 atom stereocenters. The van der Waals surface area contributed by atoms with Gasteiger partial charge < -0.3 is 14.1 Å². The zero-order valence-electron chi connectivity index (χ0n) is 18.2. The second-order valence-electron chi connectivity index (χ2n) is 7.32. The Morgan fingerprint density at radius 2 is 1.84 bits per heavy atom. The molecular weight excluding hydrogens is 424 g/mol. The molecule has 2 aromatic heterocycles. The maximum Gasteiger partial charge on any atom is 0.233 e. The third-order valence-electron chi connectivity index (χ3n) is 5.00. The number of aryl methyl sites for hydroxylation is 1. The summed E-state index contributed by atoms with van der Waals surface area (Å²) in [5.41, 5.74) is 3.01. The first-order valence-electron chi connectivity index (χ1n) is 10.1. The summed E-state index contributed by atoms with van der Waals surface area (Å²) in [6, 6.07) is 19.5. The maximum absolute atomic E-state index is 12.7. The van der Waals surface area contributed by atoms with E-state index in [-0.39, 0.29) is 11.7 Å². The minimum atomic E-state index is -0.0177. The fourth-order valence-electron chi connectivity index (χ4n) is 3.18. The van der Waals surface area contributed by atoms with Crippen LogP contribution in [0, 0.1) is 6.92 Å². The molecule has 0 aliphatic rings. The normalized spacial score (nSPS) is 10.8. The molecule has 0 N–H and O–H groups in total. The molecule has 164 valence electrons. The first-order chi connectivity index (χ1) is 15.5. The van der Waals surface area contributed by atoms with Crippen molar-refractivity contribution in [3.63, 3.8) is 0 Å². The molecule has 2 heterocycles. The molecule has 0 fully saturated rings. The van der Waals surface area contributed by atoms with Crippen LogP contribution in [0.5, 0.6) is 5.75 Å². The van der Waals surface area contributed by atoms with Crippen LogP contribution in [0.1, 0.15) is 11.3 Å². The molecule has 2 aromatic carbocycles. The van der Waals surface area contributed by atoms with Crippen molar-refractivity contribution in [3.8, 4) is 22.8 Å². The smallest absolute Gasteiger partial charge is 0.233 e. The largest absolute Gasteiger partial charge is 0.497 e. The molecule has 0 unspecified atom stereocenters. The summed E-state index contributed by atoms with van der Waals surface area (Å²) in [7, 11) is 3.40. The number of carbonyl (C=O) groups excluding carboxylic acids is 1. The molecule has 0 saturated carbocycles. The van der Waals surface area contributed by atoms with E-state index in [1.165, 1.54) is 11.8 Å². The standard InChI is InChI=1S/C24H24N4O3S/c1-17-6-10-19(11-7-17)28-23(18-8-12-20(30-3)13-9-18)25-26-24(28)32-16-22(29)27(2)15-21-5-4-14-31-21/h4-14H,15-16H2,1-3H3. The molecule has 4 aromatic rings. The zero-order chi connectivity index (χ0) is 22.5. The third kappa shape index (κ3) is 4.86. The van der Waals surface area contributed by atoms with Crippen LogP contribution in [-0.4, -0.2) is 45.5 Å². The fraction of sp³-hybridized carbons (Fsp3) is 0.208. The quantitative estimate of drug-likeness (QED) is 0.367. The molecule has 0 bridgehead atoms. The number of thioether (sulfide) groups is 1. The van der Waals surface area contributed by atoms with E-state index >= 15 is 0 Å². The number of aromatic nitrogens is 3. The number of carbonyl (C=O) groups is 1. The lowest BCUT2D eigenvalue weighted by Gasteiger charge is -2.16. The monoisotopic (exact) mass is 448 g/mol. The lowest BCUT2D eigenvalue weighted by Crippen LogP contribution is -2.27. The van der Waals surface area contributed by atoms with Gasteiger partial charge in [0, 0.05) is 18.3 Å². The summed E-state index contributed by atoms with van der Waals surface area (Å²) in [6.45, 7) is 2.47. The van der Waals surface area contributed by atoms with Gasteiger partial charge in [-0.1, -0.05) is 29.5 Å². The van der Waals surface area contributed by atoms with E-state index in [0.29, 0.717) is 17.5 Å². The van der Waals surface area contributed by atoms with Crippen LogP contribution >= 0.6 is 11.8 Å². The lowest BCUT2D eigenvalue weighted by molar-refractivity contribution is -0.127. The first kappa shape index (κ1) is 21.7. The van der Waals surface area contributed by atoms with Gasteiger partial charge in [0.15, 0.2) is 11.0 Å². The summed E-state index contributed by atoms with van der Waals surface area (Å²) in [6.07, 6.45) is 1.60. The highest BCUT2D eigenvalue weighted by atomic mass is 32.2. The molecule has 0 radical (unpaired) electrons. The van der Waals surface area contributed by atoms with Crippen LogP contribution in [0.4, 0.5) is 0 Å². The summed E-state index contributed by atoms with van der Waals surface area (Å²) in [5, 5.41) is 9.48. The molecule has 0 aliphatic heterocycles. The number of hydrogen-bond donors (Lipinski definition) is 0. The maximum atomic E-state index is 12.7. The van der Waals surface area contributed by atoms with Gasteiger partial charge in [0.2, 0.25) is 5.91 Å². The van der Waals surface area contributed by atoms with E-state index in [2.05, 4.69) is 10.2 Å². The Morgan fingerprint density at radius 1 is 1.09 bits per heavy atom. The van der Waals surface area contributed by atoms with Crippen LogP contribution in [0.3, 0.4) is 0 Å². The van der Waals surface area contributed by atoms with Crippen molar-refractivity contribution >= 4 is 17.7 Å². The van der Waals surface area contributed by atoms with Crippen molar-refractivity contribution in [3.05, 3.63) is 78.3 Å². The molecule has 8 heteroatoms. The minimum Gasteiger partial charge on any atom is -0.497 e. The Labute approximate surface area is 191 Å². The fourth-order valence-corrected chi connectivity index (χ4v) is 4.07. The van der Waals surface area contributed by atoms with Gasteiger partial charge in [-0.05, 0) is 55.5 Å². The Hall–Kier alpha value is -3.52. The minimum absolute atomic E-state index is 0.0177. The second kappa shape index (κ2) is 9.74. The van der Waals surface area contributed by atoms with Gasteiger partial charge in [-0.25, -0.2) is 0 Å². The predicted molar refractivity (Wildman–Crippen MR) is 124 cm³/mol. The van der Waals surface area contributed by atoms with E-state index in [1.807, 2.05) is 72.2 Å². The van der Waals surface area contributed by atoms with Crippen molar-refractivity contribution < 1.29 is 13.9 Å². The molecule has 0 aliphatic carbocycles. The number of rotatable bonds is 8. The number of ether oxygens (including phenoxy) is 1. The van der Waals surface area contributed by atoms with Crippen molar-refractivity contribution in [2.24, 2.45) is 0 Å². The molecule has 4 rings (SSSR count). The second-order valence-corrected chi connectivity index (χ2v) is 8.27. The molecular formula is C24H24N4O3S. The van der Waals surface area contributed by atoms with Crippen molar-refractivity contribution in [2.45, 2.75) is 18.6 Å². The van der Waals surface area contributed by atoms with Crippen LogP contribution in [0.25, 0.3) is 17.1 Å². The van der Waals surface area contributed by atoms with Crippen LogP contribution in [-0.2, 0) is 11.3 Å². The van der Waals surface area contributed by atoms with E-state index in [9.17, 15) is 4.79 Å². The van der Waals surface area contributed by atoms with Gasteiger partial charge in [0.05, 0.1) is 25.7 Å². The Kier molecular flexibility index (Phi) is 6.61. The molecule has 1 amide bonds. The average Bonchev–Trinajstić information content (AvgIpc) is 3.48. The number of furan rings is 1. The Balaban J connectivity index is 1.59. The number of nitrogens with zero attached hydrogens (tertiary/aromatic N) is 4. The summed E-state index contributed by atoms with van der Waals surface area (Å²) in [5.74, 6) is 2.45. The van der Waals surface area contributed by atoms with Crippen LogP contribution in [0.2, 0.25) is 0 Å². The van der Waals surface area contributed by atoms with Gasteiger partial charge in [-0.3, -0.25) is 9.36 Å². The highest BCUT2D eigenvalue weighted by Crippen LogP contribution is 2.29. The number of hydrogen-bond acceptors (Lipinski definition) is 6. The van der Waals surface area contributed by atoms with E-state index in [0.717, 1.165) is 28.3 Å². The van der Waals surface area contributed by atoms with Gasteiger partial charge >= 0.3 is 0 Å². The lowest BCUT2D eigenvalue weighted by atomic mass is 10.2. The summed E-state index contributed by atoms with van der Waals surface area (Å²) >= 11 is 1.36. The predicted octanol–water partition coefficient (Wildman–Crippen LogP) is 4.60. The summed E-state index contributed by atoms with van der Waals surface area (Å²) in [4.78, 5) is 14.3. The Morgan fingerprint density at radius 3 is 2.50 bits per heavy atom. The highest BCUT2D eigenvalue weighted by molar-refractivity contribution is 7.99. The first-order valence-corrected chi connectivity index (χ1v) is 11.1. The van der Waals surface area contributed by atoms with Gasteiger partial charge in [0.25, 0.3) is 0 Å². The topological polar surface area (TPSA) is 73.4 Å². The third-order valence-corrected chi connectivity index (χ3v) is 5.91. The zero-order valence-corrected chi connectivity index (χ0v) is 19.0. The van der Waals surface area contributed by atoms with Crippen molar-refractivity contribution in [1.82, 2.24) is 19.7 Å². The highest BCUT2D eigenvalue weighted by Gasteiger charge is 2.19. The van der Waals surface area contributed by atoms with Gasteiger partial charge in [-0.2, -0.15) is 0 Å². The van der Waals surface area contributed by atoms with Gasteiger partial charge in [-0.15, -0.1) is 10.2 Å². The molecule has 0 saturated heterocycles. The number of benzene rings is 2. The SMILES string of the molecule is COc1ccc(-c2nnc(SCC(=O)N(C)Cc3ccco3)n2-c2ccc(C)cc2)cc1. The van der Waals surface area contributed by atoms with E-state index < -0.39 is 0 Å². The Bertz CT molecular complexity index is 1170. The van der Waals surface area contributed by atoms with E-state index in [1.54, 1.807) is 25.3 Å². The molecule has 32 heavy (non-hydrogen) atoms. The average molecular weight is 449 g/mol. The van der Waals surface area contributed by atoms with Crippen LogP contribution < -0.4 is 4.74 Å². The van der Waals surface area contributed by atoms with Gasteiger partial charge in [0.1, 0.15) is 11.5 Å². The van der Waals surface area contributed by atoms with Crippen molar-refractivity contribution in [1.29, 1.82) is 0 Å². The number of amides is 1. The summed E-state index contributed by atoms with van der Waals surface area (Å²) < 4.78 is 12.6.